The van der Waals surface area contributed by atoms with Crippen LogP contribution in [0.5, 0.6) is 0 Å². The number of esters is 1. The van der Waals surface area contributed by atoms with Crippen molar-refractivity contribution in [1.82, 2.24) is 4.57 Å². The molecule has 0 spiro atoms. The molecule has 1 aromatic carbocycles. The lowest BCUT2D eigenvalue weighted by atomic mass is 9.89. The van der Waals surface area contributed by atoms with Crippen molar-refractivity contribution in [3.63, 3.8) is 0 Å². The maximum absolute atomic E-state index is 11.4. The Morgan fingerprint density at radius 2 is 2.00 bits per heavy atom. The van der Waals surface area contributed by atoms with Crippen molar-refractivity contribution >= 4 is 5.97 Å². The Morgan fingerprint density at radius 3 is 2.71 bits per heavy atom. The van der Waals surface area contributed by atoms with Gasteiger partial charge in [0.1, 0.15) is 0 Å². The first-order chi connectivity index (χ1) is 10.3. The molecule has 1 saturated carbocycles. The second kappa shape index (κ2) is 6.14. The number of nitrogens with zero attached hydrogens (tertiary/aromatic N) is 1. The zero-order valence-corrected chi connectivity index (χ0v) is 12.1. The number of hydrogen-bond acceptors (Lipinski definition) is 3. The molecule has 0 atom stereocenters. The smallest absolute Gasteiger partial charge is 0.339 e. The van der Waals surface area contributed by atoms with Gasteiger partial charge < -0.3 is 14.0 Å². The van der Waals surface area contributed by atoms with Crippen molar-refractivity contribution in [2.24, 2.45) is 0 Å². The van der Waals surface area contributed by atoms with Crippen LogP contribution in [0.15, 0.2) is 48.8 Å². The highest BCUT2D eigenvalue weighted by molar-refractivity contribution is 5.89. The Hall–Kier alpha value is -2.07. The fourth-order valence-corrected chi connectivity index (χ4v) is 2.58. The van der Waals surface area contributed by atoms with Gasteiger partial charge in [0, 0.05) is 18.4 Å². The zero-order chi connectivity index (χ0) is 14.7. The number of carbonyl (C=O) groups is 1. The number of aromatic nitrogens is 1. The van der Waals surface area contributed by atoms with Gasteiger partial charge in [-0.25, -0.2) is 4.79 Å². The molecule has 4 heteroatoms. The van der Waals surface area contributed by atoms with E-state index in [9.17, 15) is 4.79 Å². The second-order valence-electron chi connectivity index (χ2n) is 5.38. The third-order valence-corrected chi connectivity index (χ3v) is 3.96. The molecule has 0 bridgehead atoms. The second-order valence-corrected chi connectivity index (χ2v) is 5.38. The van der Waals surface area contributed by atoms with E-state index in [2.05, 4.69) is 16.7 Å². The normalized spacial score (nSPS) is 20.8. The molecule has 110 valence electrons. The molecule has 0 unspecified atom stereocenters. The van der Waals surface area contributed by atoms with Crippen LogP contribution in [-0.4, -0.2) is 23.8 Å². The molecule has 0 amide bonds. The molecule has 0 aliphatic heterocycles. The van der Waals surface area contributed by atoms with Gasteiger partial charge in [0.15, 0.2) is 0 Å². The predicted octanol–water partition coefficient (Wildman–Crippen LogP) is 3.20. The van der Waals surface area contributed by atoms with Crippen LogP contribution in [0.2, 0.25) is 0 Å². The SMILES string of the molecule is COC(=O)c1ccn(C2CC(OCc3ccccc3)C2)c1. The minimum atomic E-state index is -0.287. The van der Waals surface area contributed by atoms with Crippen LogP contribution >= 0.6 is 0 Å². The van der Waals surface area contributed by atoms with Gasteiger partial charge in [0.2, 0.25) is 0 Å². The van der Waals surface area contributed by atoms with Crippen molar-refractivity contribution in [1.29, 1.82) is 0 Å². The fraction of sp³-hybridized carbons (Fsp3) is 0.353. The maximum Gasteiger partial charge on any atom is 0.339 e. The van der Waals surface area contributed by atoms with E-state index in [-0.39, 0.29) is 5.97 Å². The lowest BCUT2D eigenvalue weighted by molar-refractivity contribution is -0.0356. The van der Waals surface area contributed by atoms with Gasteiger partial charge >= 0.3 is 5.97 Å². The molecule has 1 aromatic heterocycles. The molecular weight excluding hydrogens is 266 g/mol. The maximum atomic E-state index is 11.4. The fourth-order valence-electron chi connectivity index (χ4n) is 2.58. The molecule has 0 N–H and O–H groups in total. The number of carbonyl (C=O) groups excluding carboxylic acids is 1. The minimum Gasteiger partial charge on any atom is -0.465 e. The molecular formula is C17H19NO3. The van der Waals surface area contributed by atoms with Crippen molar-refractivity contribution < 1.29 is 14.3 Å². The highest BCUT2D eigenvalue weighted by Gasteiger charge is 2.31. The van der Waals surface area contributed by atoms with E-state index in [0.717, 1.165) is 12.8 Å². The standard InChI is InChI=1S/C17H19NO3/c1-20-17(19)14-7-8-18(11-14)15-9-16(10-15)21-12-13-5-3-2-4-6-13/h2-8,11,15-16H,9-10,12H2,1H3. The van der Waals surface area contributed by atoms with Gasteiger partial charge in [-0.2, -0.15) is 0 Å². The Morgan fingerprint density at radius 1 is 1.24 bits per heavy atom. The van der Waals surface area contributed by atoms with Gasteiger partial charge in [-0.3, -0.25) is 0 Å². The summed E-state index contributed by atoms with van der Waals surface area (Å²) in [5.74, 6) is -0.287. The number of rotatable bonds is 5. The van der Waals surface area contributed by atoms with Gasteiger partial charge in [-0.05, 0) is 24.5 Å². The monoisotopic (exact) mass is 285 g/mol. The van der Waals surface area contributed by atoms with Crippen LogP contribution in [-0.2, 0) is 16.1 Å². The Balaban J connectivity index is 1.47. The summed E-state index contributed by atoms with van der Waals surface area (Å²) in [6.45, 7) is 0.664. The van der Waals surface area contributed by atoms with E-state index >= 15 is 0 Å². The lowest BCUT2D eigenvalue weighted by Crippen LogP contribution is -2.32. The van der Waals surface area contributed by atoms with Gasteiger partial charge in [-0.15, -0.1) is 0 Å². The van der Waals surface area contributed by atoms with E-state index in [1.807, 2.05) is 30.6 Å². The highest BCUT2D eigenvalue weighted by atomic mass is 16.5. The molecule has 21 heavy (non-hydrogen) atoms. The average molecular weight is 285 g/mol. The molecule has 3 rings (SSSR count). The third kappa shape index (κ3) is 3.16. The molecule has 0 saturated heterocycles. The summed E-state index contributed by atoms with van der Waals surface area (Å²) in [7, 11) is 1.40. The first-order valence-electron chi connectivity index (χ1n) is 7.17. The lowest BCUT2D eigenvalue weighted by Gasteiger charge is -2.36. The van der Waals surface area contributed by atoms with Crippen molar-refractivity contribution in [2.45, 2.75) is 31.6 Å². The number of methoxy groups -OCH3 is 1. The van der Waals surface area contributed by atoms with Crippen molar-refractivity contribution in [3.8, 4) is 0 Å². The van der Waals surface area contributed by atoms with Crippen LogP contribution < -0.4 is 0 Å². The van der Waals surface area contributed by atoms with Crippen LogP contribution in [0.3, 0.4) is 0 Å². The topological polar surface area (TPSA) is 40.5 Å². The summed E-state index contributed by atoms with van der Waals surface area (Å²) in [4.78, 5) is 11.4. The predicted molar refractivity (Wildman–Crippen MR) is 79.1 cm³/mol. The summed E-state index contributed by atoms with van der Waals surface area (Å²) < 4.78 is 12.7. The zero-order valence-electron chi connectivity index (χ0n) is 12.1. The highest BCUT2D eigenvalue weighted by Crippen LogP contribution is 2.35. The van der Waals surface area contributed by atoms with E-state index in [4.69, 9.17) is 9.47 Å². The quantitative estimate of drug-likeness (QED) is 0.792. The van der Waals surface area contributed by atoms with E-state index in [1.165, 1.54) is 12.7 Å². The molecule has 0 radical (unpaired) electrons. The van der Waals surface area contributed by atoms with Crippen LogP contribution in [0, 0.1) is 0 Å². The summed E-state index contributed by atoms with van der Waals surface area (Å²) in [5, 5.41) is 0. The van der Waals surface area contributed by atoms with Crippen LogP contribution in [0.1, 0.15) is 34.8 Å². The first-order valence-corrected chi connectivity index (χ1v) is 7.17. The number of ether oxygens (including phenoxy) is 2. The van der Waals surface area contributed by atoms with Crippen molar-refractivity contribution in [3.05, 3.63) is 59.9 Å². The summed E-state index contributed by atoms with van der Waals surface area (Å²) in [6, 6.07) is 12.4. The molecule has 1 aliphatic rings. The largest absolute Gasteiger partial charge is 0.465 e. The van der Waals surface area contributed by atoms with Crippen molar-refractivity contribution in [2.75, 3.05) is 7.11 Å². The summed E-state index contributed by atoms with van der Waals surface area (Å²) in [5.41, 5.74) is 1.81. The first kappa shape index (κ1) is 13.9. The molecule has 2 aromatic rings. The van der Waals surface area contributed by atoms with Gasteiger partial charge in [0.25, 0.3) is 0 Å². The van der Waals surface area contributed by atoms with Gasteiger partial charge in [-0.1, -0.05) is 30.3 Å². The third-order valence-electron chi connectivity index (χ3n) is 3.96. The average Bonchev–Trinajstić information content (AvgIpc) is 2.95. The Bertz CT molecular complexity index is 600. The molecule has 1 heterocycles. The van der Waals surface area contributed by atoms with Crippen LogP contribution in [0.4, 0.5) is 0 Å². The molecule has 4 nitrogen and oxygen atoms in total. The van der Waals surface area contributed by atoms with Gasteiger partial charge in [0.05, 0.1) is 25.4 Å². The summed E-state index contributed by atoms with van der Waals surface area (Å²) >= 11 is 0. The minimum absolute atomic E-state index is 0.287. The van der Waals surface area contributed by atoms with E-state index < -0.39 is 0 Å². The molecule has 1 fully saturated rings. The summed E-state index contributed by atoms with van der Waals surface area (Å²) in [6.07, 6.45) is 6.07. The van der Waals surface area contributed by atoms with E-state index in [1.54, 1.807) is 6.07 Å². The number of benzene rings is 1. The Labute approximate surface area is 124 Å². The Kier molecular flexibility index (Phi) is 4.06. The van der Waals surface area contributed by atoms with Crippen LogP contribution in [0.25, 0.3) is 0 Å². The molecule has 1 aliphatic carbocycles. The van der Waals surface area contributed by atoms with E-state index in [0.29, 0.717) is 24.3 Å². The number of hydrogen-bond donors (Lipinski definition) is 0.